The summed E-state index contributed by atoms with van der Waals surface area (Å²) in [5, 5.41) is 2.62. The average Bonchev–Trinajstić information content (AvgIpc) is 3.34. The van der Waals surface area contributed by atoms with Gasteiger partial charge in [0.15, 0.2) is 5.82 Å². The van der Waals surface area contributed by atoms with Gasteiger partial charge in [-0.05, 0) is 64.4 Å². The third-order valence-corrected chi connectivity index (χ3v) is 6.77. The van der Waals surface area contributed by atoms with Gasteiger partial charge in [-0.15, -0.1) is 0 Å². The number of benzene rings is 1. The largest absolute Gasteiger partial charge is 0.450 e. The molecule has 12 nitrogen and oxygen atoms in total. The summed E-state index contributed by atoms with van der Waals surface area (Å²) in [6, 6.07) is 9.78. The lowest BCUT2D eigenvalue weighted by Crippen LogP contribution is -2.54. The molecule has 0 radical (unpaired) electrons. The number of amides is 2. The van der Waals surface area contributed by atoms with Crippen molar-refractivity contribution in [3.05, 3.63) is 54.6 Å². The Morgan fingerprint density at radius 3 is 2.51 bits per heavy atom. The Balaban J connectivity index is 0.00000423. The molecule has 3 aromatic heterocycles. The maximum Gasteiger partial charge on any atom is 0.413 e. The lowest BCUT2D eigenvalue weighted by Gasteiger charge is -2.40. The lowest BCUT2D eigenvalue weighted by atomic mass is 10.0. The highest BCUT2D eigenvalue weighted by molar-refractivity contribution is 5.96. The van der Waals surface area contributed by atoms with Gasteiger partial charge in [0, 0.05) is 61.9 Å². The quantitative estimate of drug-likeness (QED) is 0.289. The first-order valence-electron chi connectivity index (χ1n) is 14.0. The number of H-pyrrole nitrogens is 1. The number of carbonyl (C=O) groups excluding carboxylic acids is 2. The van der Waals surface area contributed by atoms with Gasteiger partial charge in [-0.3, -0.25) is 15.2 Å². The van der Waals surface area contributed by atoms with Gasteiger partial charge < -0.3 is 19.4 Å². The number of nitrogens with one attached hydrogen (secondary N) is 2. The molecule has 0 spiro atoms. The number of aromatic amines is 1. The van der Waals surface area contributed by atoms with E-state index in [0.717, 1.165) is 35.5 Å². The number of hydrogen-bond donors (Lipinski definition) is 2. The molecular formula is C31H40N8O4. The molecule has 1 saturated heterocycles. The van der Waals surface area contributed by atoms with Crippen LogP contribution in [0, 0.1) is 0 Å². The summed E-state index contributed by atoms with van der Waals surface area (Å²) >= 11 is 0. The van der Waals surface area contributed by atoms with E-state index in [1.807, 2.05) is 58.2 Å². The second-order valence-corrected chi connectivity index (χ2v) is 11.2. The highest BCUT2D eigenvalue weighted by Gasteiger charge is 2.31. The zero-order valence-corrected chi connectivity index (χ0v) is 24.5. The van der Waals surface area contributed by atoms with Crippen LogP contribution in [0.15, 0.2) is 48.9 Å². The standard InChI is InChI=1S/C30H36N8O4.CH4/c1-6-41-28(39)36-27-34-24-15-21(14-23(25(24)35-27)26-31-10-7-11-32-26)20-8-9-22(33-16-20)18-37-12-13-38(19(2)17-37)29(40)42-30(3,4)5;/h7-11,14-16,19H,6,12-13,17-18H2,1-5H3,(H2,34,35,36,39);1H4. The molecular weight excluding hydrogens is 548 g/mol. The number of imidazole rings is 1. The summed E-state index contributed by atoms with van der Waals surface area (Å²) in [5.41, 5.74) is 4.29. The van der Waals surface area contributed by atoms with Crippen molar-refractivity contribution in [3.8, 4) is 22.5 Å². The number of ether oxygens (including phenoxy) is 2. The van der Waals surface area contributed by atoms with Crippen molar-refractivity contribution in [2.45, 2.75) is 60.2 Å². The molecule has 4 heterocycles. The van der Waals surface area contributed by atoms with Crippen LogP contribution < -0.4 is 5.32 Å². The molecule has 228 valence electrons. The predicted molar refractivity (Wildman–Crippen MR) is 165 cm³/mol. The van der Waals surface area contributed by atoms with Gasteiger partial charge in [-0.1, -0.05) is 13.5 Å². The van der Waals surface area contributed by atoms with Gasteiger partial charge in [-0.25, -0.2) is 24.5 Å². The van der Waals surface area contributed by atoms with Crippen LogP contribution >= 0.6 is 0 Å². The van der Waals surface area contributed by atoms with Gasteiger partial charge in [0.2, 0.25) is 5.95 Å². The number of anilines is 1. The fourth-order valence-corrected chi connectivity index (χ4v) is 4.90. The summed E-state index contributed by atoms with van der Waals surface area (Å²) in [5.74, 6) is 0.787. The minimum absolute atomic E-state index is 0. The van der Waals surface area contributed by atoms with E-state index in [0.29, 0.717) is 29.9 Å². The fraction of sp³-hybridized carbons (Fsp3) is 0.419. The number of piperazine rings is 1. The van der Waals surface area contributed by atoms with E-state index in [9.17, 15) is 9.59 Å². The molecule has 1 aliphatic rings. The first-order chi connectivity index (χ1) is 20.1. The lowest BCUT2D eigenvalue weighted by molar-refractivity contribution is 0.000429. The number of fused-ring (bicyclic) bond motifs is 1. The summed E-state index contributed by atoms with van der Waals surface area (Å²) < 4.78 is 10.6. The van der Waals surface area contributed by atoms with Crippen LogP contribution in [-0.2, 0) is 16.0 Å². The summed E-state index contributed by atoms with van der Waals surface area (Å²) in [6.07, 6.45) is 4.34. The molecule has 0 saturated carbocycles. The SMILES string of the molecule is C.CCOC(=O)Nc1nc2c(-c3ncccn3)cc(-c3ccc(CN4CCN(C(=O)OC(C)(C)C)C(C)C4)nc3)cc2[nH]1. The molecule has 1 atom stereocenters. The highest BCUT2D eigenvalue weighted by atomic mass is 16.6. The second kappa shape index (κ2) is 13.2. The monoisotopic (exact) mass is 588 g/mol. The van der Waals surface area contributed by atoms with Crippen molar-refractivity contribution in [3.63, 3.8) is 0 Å². The van der Waals surface area contributed by atoms with Gasteiger partial charge in [0.1, 0.15) is 11.1 Å². The van der Waals surface area contributed by atoms with Crippen molar-refractivity contribution >= 4 is 29.2 Å². The maximum absolute atomic E-state index is 12.6. The minimum atomic E-state index is -0.588. The van der Waals surface area contributed by atoms with Crippen LogP contribution in [0.5, 0.6) is 0 Å². The van der Waals surface area contributed by atoms with Crippen LogP contribution in [0.4, 0.5) is 15.5 Å². The van der Waals surface area contributed by atoms with Crippen molar-refractivity contribution in [2.24, 2.45) is 0 Å². The summed E-state index contributed by atoms with van der Waals surface area (Å²) in [7, 11) is 0. The minimum Gasteiger partial charge on any atom is -0.450 e. The van der Waals surface area contributed by atoms with Crippen LogP contribution in [0.2, 0.25) is 0 Å². The molecule has 1 aliphatic heterocycles. The molecule has 1 fully saturated rings. The molecule has 0 bridgehead atoms. The Labute approximate surface area is 251 Å². The van der Waals surface area contributed by atoms with E-state index in [2.05, 4.69) is 30.2 Å². The molecule has 2 amide bonds. The van der Waals surface area contributed by atoms with Crippen molar-refractivity contribution in [1.82, 2.24) is 34.7 Å². The molecule has 2 N–H and O–H groups in total. The van der Waals surface area contributed by atoms with Crippen LogP contribution in [0.3, 0.4) is 0 Å². The van der Waals surface area contributed by atoms with E-state index in [4.69, 9.17) is 14.5 Å². The molecule has 43 heavy (non-hydrogen) atoms. The van der Waals surface area contributed by atoms with Gasteiger partial charge in [-0.2, -0.15) is 0 Å². The molecule has 1 unspecified atom stereocenters. The van der Waals surface area contributed by atoms with E-state index in [1.165, 1.54) is 0 Å². The Morgan fingerprint density at radius 2 is 1.86 bits per heavy atom. The smallest absolute Gasteiger partial charge is 0.413 e. The molecule has 12 heteroatoms. The Bertz CT molecular complexity index is 1550. The second-order valence-electron chi connectivity index (χ2n) is 11.2. The van der Waals surface area contributed by atoms with Gasteiger partial charge >= 0.3 is 12.2 Å². The topological polar surface area (TPSA) is 138 Å². The number of pyridine rings is 1. The van der Waals surface area contributed by atoms with E-state index < -0.39 is 11.7 Å². The van der Waals surface area contributed by atoms with E-state index in [1.54, 1.807) is 30.3 Å². The van der Waals surface area contributed by atoms with Crippen LogP contribution in [-0.4, -0.2) is 84.8 Å². The Hall–Kier alpha value is -4.58. The molecule has 5 rings (SSSR count). The van der Waals surface area contributed by atoms with E-state index >= 15 is 0 Å². The highest BCUT2D eigenvalue weighted by Crippen LogP contribution is 2.32. The number of nitrogens with zero attached hydrogens (tertiary/aromatic N) is 6. The predicted octanol–water partition coefficient (Wildman–Crippen LogP) is 5.73. The van der Waals surface area contributed by atoms with Crippen LogP contribution in [0.1, 0.15) is 47.7 Å². The Morgan fingerprint density at radius 1 is 1.09 bits per heavy atom. The zero-order valence-electron chi connectivity index (χ0n) is 24.5. The average molecular weight is 589 g/mol. The molecule has 1 aromatic carbocycles. The molecule has 0 aliphatic carbocycles. The Kier molecular flexibility index (Phi) is 9.59. The third kappa shape index (κ3) is 7.63. The van der Waals surface area contributed by atoms with Gasteiger partial charge in [0.25, 0.3) is 0 Å². The van der Waals surface area contributed by atoms with Gasteiger partial charge in [0.05, 0.1) is 17.8 Å². The van der Waals surface area contributed by atoms with Crippen molar-refractivity contribution in [1.29, 1.82) is 0 Å². The van der Waals surface area contributed by atoms with E-state index in [-0.39, 0.29) is 32.1 Å². The fourth-order valence-electron chi connectivity index (χ4n) is 4.90. The van der Waals surface area contributed by atoms with Crippen LogP contribution in [0.25, 0.3) is 33.5 Å². The normalized spacial score (nSPS) is 15.6. The third-order valence-electron chi connectivity index (χ3n) is 6.77. The zero-order chi connectivity index (χ0) is 29.9. The van der Waals surface area contributed by atoms with Crippen molar-refractivity contribution in [2.75, 3.05) is 31.6 Å². The number of aromatic nitrogens is 5. The number of rotatable bonds is 6. The first kappa shape index (κ1) is 31.4. The maximum atomic E-state index is 12.6. The molecule has 4 aromatic rings. The summed E-state index contributed by atoms with van der Waals surface area (Å²) in [6.45, 7) is 12.4. The number of carbonyl (C=O) groups is 2. The van der Waals surface area contributed by atoms with Crippen molar-refractivity contribution < 1.29 is 19.1 Å². The first-order valence-corrected chi connectivity index (χ1v) is 14.0. The summed E-state index contributed by atoms with van der Waals surface area (Å²) in [4.78, 5) is 49.9. The number of hydrogen-bond acceptors (Lipinski definition) is 9.